The van der Waals surface area contributed by atoms with Gasteiger partial charge in [-0.3, -0.25) is 9.36 Å². The molecule has 0 amide bonds. The van der Waals surface area contributed by atoms with Crippen molar-refractivity contribution >= 4 is 68.6 Å². The van der Waals surface area contributed by atoms with Crippen LogP contribution in [-0.4, -0.2) is 24.3 Å². The molecule has 0 fully saturated rings. The Labute approximate surface area is 274 Å². The second-order valence-corrected chi connectivity index (χ2v) is 12.8. The highest BCUT2D eigenvalue weighted by atomic mass is 127. The van der Waals surface area contributed by atoms with E-state index < -0.39 is 12.0 Å². The van der Waals surface area contributed by atoms with Gasteiger partial charge in [0.15, 0.2) is 16.3 Å². The number of rotatable bonds is 9. The average molecular weight is 806 g/mol. The molecular weight excluding hydrogens is 778 g/mol. The van der Waals surface area contributed by atoms with Crippen LogP contribution in [0.25, 0.3) is 6.08 Å². The van der Waals surface area contributed by atoms with Crippen molar-refractivity contribution in [1.29, 1.82) is 0 Å². The number of carbonyl (C=O) groups excluding carboxylic acids is 1. The number of methoxy groups -OCH3 is 1. The van der Waals surface area contributed by atoms with Crippen molar-refractivity contribution < 1.29 is 19.0 Å². The van der Waals surface area contributed by atoms with E-state index in [-0.39, 0.29) is 5.56 Å². The molecule has 0 radical (unpaired) electrons. The summed E-state index contributed by atoms with van der Waals surface area (Å²) in [6, 6.07) is 20.9. The third-order valence-electron chi connectivity index (χ3n) is 6.69. The zero-order valence-electron chi connectivity index (χ0n) is 23.2. The van der Waals surface area contributed by atoms with Gasteiger partial charge in [-0.25, -0.2) is 9.79 Å². The van der Waals surface area contributed by atoms with Gasteiger partial charge in [0.1, 0.15) is 6.61 Å². The molecule has 4 aromatic rings. The molecule has 0 spiro atoms. The van der Waals surface area contributed by atoms with Gasteiger partial charge in [0.2, 0.25) is 0 Å². The fraction of sp³-hybridized carbons (Fsp3) is 0.219. The summed E-state index contributed by atoms with van der Waals surface area (Å²) in [5.41, 5.74) is 3.45. The number of halogens is 2. The molecular formula is C32H28I2N2O5S. The van der Waals surface area contributed by atoms with Crippen LogP contribution in [0.5, 0.6) is 11.5 Å². The molecule has 0 saturated carbocycles. The number of hydrogen-bond acceptors (Lipinski definition) is 7. The molecule has 5 rings (SSSR count). The zero-order chi connectivity index (χ0) is 29.8. The van der Waals surface area contributed by atoms with E-state index in [9.17, 15) is 9.59 Å². The molecule has 1 atom stereocenters. The van der Waals surface area contributed by atoms with Crippen LogP contribution in [0.4, 0.5) is 0 Å². The highest BCUT2D eigenvalue weighted by Gasteiger charge is 2.33. The van der Waals surface area contributed by atoms with Crippen LogP contribution in [0.3, 0.4) is 0 Å². The summed E-state index contributed by atoms with van der Waals surface area (Å²) < 4.78 is 21.4. The van der Waals surface area contributed by atoms with Gasteiger partial charge in [0.05, 0.1) is 39.1 Å². The normalized spacial score (nSPS) is 14.8. The maximum atomic E-state index is 13.9. The zero-order valence-corrected chi connectivity index (χ0v) is 28.4. The van der Waals surface area contributed by atoms with Crippen molar-refractivity contribution in [2.24, 2.45) is 4.99 Å². The van der Waals surface area contributed by atoms with E-state index in [0.717, 1.165) is 23.8 Å². The highest BCUT2D eigenvalue weighted by molar-refractivity contribution is 14.1. The number of benzene rings is 3. The molecule has 7 nitrogen and oxygen atoms in total. The predicted molar refractivity (Wildman–Crippen MR) is 181 cm³/mol. The molecule has 3 aromatic carbocycles. The van der Waals surface area contributed by atoms with Crippen LogP contribution in [0.2, 0.25) is 0 Å². The van der Waals surface area contributed by atoms with E-state index in [1.807, 2.05) is 86.7 Å². The first-order valence-corrected chi connectivity index (χ1v) is 16.3. The predicted octanol–water partition coefficient (Wildman–Crippen LogP) is 5.99. The van der Waals surface area contributed by atoms with Gasteiger partial charge in [0, 0.05) is 3.57 Å². The molecule has 216 valence electrons. The van der Waals surface area contributed by atoms with Crippen molar-refractivity contribution in [3.63, 3.8) is 0 Å². The Bertz CT molecular complexity index is 1830. The van der Waals surface area contributed by atoms with Crippen molar-refractivity contribution in [2.75, 3.05) is 13.7 Å². The molecule has 0 unspecified atom stereocenters. The van der Waals surface area contributed by atoms with Gasteiger partial charge < -0.3 is 14.2 Å². The fourth-order valence-corrected chi connectivity index (χ4v) is 6.94. The van der Waals surface area contributed by atoms with Crippen LogP contribution in [0, 0.1) is 7.14 Å². The Balaban J connectivity index is 1.59. The number of allylic oxidation sites excluding steroid dienone is 1. The third kappa shape index (κ3) is 6.35. The quantitative estimate of drug-likeness (QED) is 0.154. The lowest BCUT2D eigenvalue weighted by Crippen LogP contribution is -2.40. The van der Waals surface area contributed by atoms with E-state index in [2.05, 4.69) is 45.2 Å². The third-order valence-corrected chi connectivity index (χ3v) is 9.19. The first-order chi connectivity index (χ1) is 20.3. The topological polar surface area (TPSA) is 79.1 Å². The summed E-state index contributed by atoms with van der Waals surface area (Å²) in [4.78, 5) is 32.2. The summed E-state index contributed by atoms with van der Waals surface area (Å²) >= 11 is 5.82. The van der Waals surface area contributed by atoms with E-state index >= 15 is 0 Å². The summed E-state index contributed by atoms with van der Waals surface area (Å²) in [6.07, 6.45) is 2.37. The molecule has 0 aliphatic carbocycles. The maximum absolute atomic E-state index is 13.9. The number of hydrogen-bond donors (Lipinski definition) is 0. The van der Waals surface area contributed by atoms with E-state index in [1.165, 1.54) is 18.4 Å². The Morgan fingerprint density at radius 1 is 1.05 bits per heavy atom. The van der Waals surface area contributed by atoms with Crippen molar-refractivity contribution in [2.45, 2.75) is 32.9 Å². The minimum Gasteiger partial charge on any atom is -0.490 e. The number of carbonyl (C=O) groups is 1. The maximum Gasteiger partial charge on any atom is 0.338 e. The summed E-state index contributed by atoms with van der Waals surface area (Å²) in [5, 5.41) is 0. The molecule has 2 heterocycles. The SMILES string of the molecule is CCOc1cc(/C=c2\sc3n(c2=O)[C@H](c2ccccc2)C(C(=O)OC)=C(CC)N=3)cc(I)c1OCc1ccc(I)cc1. The highest BCUT2D eigenvalue weighted by Crippen LogP contribution is 2.35. The van der Waals surface area contributed by atoms with E-state index in [4.69, 9.17) is 19.2 Å². The van der Waals surface area contributed by atoms with E-state index in [1.54, 1.807) is 4.57 Å². The Kier molecular flexibility index (Phi) is 9.84. The van der Waals surface area contributed by atoms with Crippen LogP contribution in [0.1, 0.15) is 43.0 Å². The molecule has 1 aliphatic rings. The number of ether oxygens (including phenoxy) is 3. The van der Waals surface area contributed by atoms with Crippen molar-refractivity contribution in [3.05, 3.63) is 122 Å². The molecule has 1 aromatic heterocycles. The first kappa shape index (κ1) is 30.5. The minimum absolute atomic E-state index is 0.226. The number of thiazole rings is 1. The van der Waals surface area contributed by atoms with Gasteiger partial charge in [-0.1, -0.05) is 60.7 Å². The molecule has 42 heavy (non-hydrogen) atoms. The van der Waals surface area contributed by atoms with E-state index in [0.29, 0.717) is 51.7 Å². The van der Waals surface area contributed by atoms with Gasteiger partial charge in [0.25, 0.3) is 5.56 Å². The molecule has 1 aliphatic heterocycles. The lowest BCUT2D eigenvalue weighted by atomic mass is 9.95. The van der Waals surface area contributed by atoms with Gasteiger partial charge in [-0.05, 0) is 106 Å². The lowest BCUT2D eigenvalue weighted by Gasteiger charge is -2.25. The molecule has 10 heteroatoms. The average Bonchev–Trinajstić information content (AvgIpc) is 3.30. The minimum atomic E-state index is -0.636. The number of esters is 1. The summed E-state index contributed by atoms with van der Waals surface area (Å²) in [6.45, 7) is 4.74. The Morgan fingerprint density at radius 2 is 1.79 bits per heavy atom. The molecule has 0 bridgehead atoms. The van der Waals surface area contributed by atoms with Crippen molar-refractivity contribution in [1.82, 2.24) is 4.57 Å². The van der Waals surface area contributed by atoms with Gasteiger partial charge >= 0.3 is 5.97 Å². The number of nitrogens with zero attached hydrogens (tertiary/aromatic N) is 2. The smallest absolute Gasteiger partial charge is 0.338 e. The largest absolute Gasteiger partial charge is 0.490 e. The first-order valence-electron chi connectivity index (χ1n) is 13.4. The van der Waals surface area contributed by atoms with Crippen molar-refractivity contribution in [3.8, 4) is 11.5 Å². The summed E-state index contributed by atoms with van der Waals surface area (Å²) in [5.74, 6) is 0.779. The summed E-state index contributed by atoms with van der Waals surface area (Å²) in [7, 11) is 1.35. The fourth-order valence-electron chi connectivity index (χ4n) is 4.78. The second-order valence-electron chi connectivity index (χ2n) is 9.38. The number of aromatic nitrogens is 1. The van der Waals surface area contributed by atoms with Gasteiger partial charge in [-0.2, -0.15) is 0 Å². The van der Waals surface area contributed by atoms with Crippen LogP contribution < -0.4 is 24.4 Å². The molecule has 0 saturated heterocycles. The van der Waals surface area contributed by atoms with Gasteiger partial charge in [-0.15, -0.1) is 0 Å². The van der Waals surface area contributed by atoms with Crippen LogP contribution >= 0.6 is 56.5 Å². The lowest BCUT2D eigenvalue weighted by molar-refractivity contribution is -0.136. The number of fused-ring (bicyclic) bond motifs is 1. The standard InChI is InChI=1S/C32H28I2N2O5S/c1-4-24-27(31(38)39-3)28(21-9-7-6-8-10-21)36-30(37)26(42-32(36)35-24)17-20-15-23(34)29(25(16-20)40-5-2)41-18-19-11-13-22(33)14-12-19/h6-17,28H,4-5,18H2,1-3H3/b26-17-/t28-/m1/s1. The second kappa shape index (κ2) is 13.6. The Hall–Kier alpha value is -2.97. The Morgan fingerprint density at radius 3 is 2.45 bits per heavy atom. The monoisotopic (exact) mass is 806 g/mol. The molecule has 0 N–H and O–H groups in total. The van der Waals surface area contributed by atoms with Crippen LogP contribution in [0.15, 0.2) is 87.8 Å². The van der Waals surface area contributed by atoms with Crippen LogP contribution in [-0.2, 0) is 16.1 Å².